The fraction of sp³-hybridized carbons (Fsp3) is 0.400. The molecule has 0 spiro atoms. The van der Waals surface area contributed by atoms with Crippen LogP contribution < -0.4 is 5.56 Å². The highest BCUT2D eigenvalue weighted by atomic mass is 79.9. The Balaban J connectivity index is 2.41. The molecule has 6 nitrogen and oxygen atoms in total. The van der Waals surface area contributed by atoms with Crippen molar-refractivity contribution < 1.29 is 0 Å². The van der Waals surface area contributed by atoms with Gasteiger partial charge in [0.15, 0.2) is 5.82 Å². The molecule has 0 aliphatic heterocycles. The first-order chi connectivity index (χ1) is 8.00. The van der Waals surface area contributed by atoms with Crippen LogP contribution in [0.1, 0.15) is 17.3 Å². The summed E-state index contributed by atoms with van der Waals surface area (Å²) in [6.45, 7) is 4.01. The van der Waals surface area contributed by atoms with Crippen LogP contribution in [0.4, 0.5) is 0 Å². The molecule has 0 radical (unpaired) electrons. The van der Waals surface area contributed by atoms with Crippen LogP contribution in [0.25, 0.3) is 0 Å². The number of nitrogens with zero attached hydrogens (tertiary/aromatic N) is 5. The summed E-state index contributed by atoms with van der Waals surface area (Å²) in [5, 5.41) is 7.96. The molecular formula is C10H12BrN5O. The number of aromatic nitrogens is 5. The standard InChI is InChI=1S/C10H12BrN5O/c1-6-9(11)10(17)16(5-12-6)4-8-14-13-7(2)15(8)3/h5H,4H2,1-3H3. The summed E-state index contributed by atoms with van der Waals surface area (Å²) >= 11 is 3.23. The van der Waals surface area contributed by atoms with E-state index in [-0.39, 0.29) is 5.56 Å². The van der Waals surface area contributed by atoms with Gasteiger partial charge in [-0.25, -0.2) is 4.98 Å². The molecule has 90 valence electrons. The first-order valence-electron chi connectivity index (χ1n) is 5.07. The lowest BCUT2D eigenvalue weighted by Crippen LogP contribution is -2.24. The highest BCUT2D eigenvalue weighted by molar-refractivity contribution is 9.10. The minimum absolute atomic E-state index is 0.113. The smallest absolute Gasteiger partial charge is 0.268 e. The second kappa shape index (κ2) is 4.40. The second-order valence-corrected chi connectivity index (χ2v) is 4.59. The van der Waals surface area contributed by atoms with Crippen molar-refractivity contribution in [2.45, 2.75) is 20.4 Å². The lowest BCUT2D eigenvalue weighted by Gasteiger charge is -2.06. The Morgan fingerprint density at radius 2 is 2.06 bits per heavy atom. The van der Waals surface area contributed by atoms with E-state index < -0.39 is 0 Å². The maximum Gasteiger partial charge on any atom is 0.268 e. The topological polar surface area (TPSA) is 65.6 Å². The molecule has 0 fully saturated rings. The van der Waals surface area contributed by atoms with E-state index in [1.165, 1.54) is 10.9 Å². The van der Waals surface area contributed by atoms with Gasteiger partial charge in [-0.15, -0.1) is 10.2 Å². The van der Waals surface area contributed by atoms with Gasteiger partial charge in [0.05, 0.1) is 18.6 Å². The summed E-state index contributed by atoms with van der Waals surface area (Å²) in [6, 6.07) is 0. The van der Waals surface area contributed by atoms with Gasteiger partial charge in [-0.1, -0.05) is 0 Å². The van der Waals surface area contributed by atoms with E-state index >= 15 is 0 Å². The highest BCUT2D eigenvalue weighted by Gasteiger charge is 2.09. The molecule has 2 rings (SSSR count). The molecule has 0 amide bonds. The van der Waals surface area contributed by atoms with Crippen molar-refractivity contribution in [2.24, 2.45) is 7.05 Å². The van der Waals surface area contributed by atoms with Gasteiger partial charge in [0.2, 0.25) is 0 Å². The van der Waals surface area contributed by atoms with E-state index in [4.69, 9.17) is 0 Å². The normalized spacial score (nSPS) is 10.8. The van der Waals surface area contributed by atoms with Crippen molar-refractivity contribution in [3.8, 4) is 0 Å². The second-order valence-electron chi connectivity index (χ2n) is 3.80. The van der Waals surface area contributed by atoms with Crippen LogP contribution in [-0.2, 0) is 13.6 Å². The molecule has 0 aliphatic rings. The number of rotatable bonds is 2. The van der Waals surface area contributed by atoms with Gasteiger partial charge in [0.1, 0.15) is 10.3 Å². The fourth-order valence-corrected chi connectivity index (χ4v) is 1.73. The van der Waals surface area contributed by atoms with Crippen molar-refractivity contribution in [1.29, 1.82) is 0 Å². The molecule has 2 heterocycles. The number of halogens is 1. The molecule has 0 N–H and O–H groups in total. The van der Waals surface area contributed by atoms with Crippen molar-refractivity contribution in [1.82, 2.24) is 24.3 Å². The third kappa shape index (κ3) is 2.14. The van der Waals surface area contributed by atoms with E-state index in [1.807, 2.05) is 18.5 Å². The van der Waals surface area contributed by atoms with Crippen LogP contribution >= 0.6 is 15.9 Å². The Kier molecular flexibility index (Phi) is 3.10. The van der Waals surface area contributed by atoms with Gasteiger partial charge in [-0.3, -0.25) is 9.36 Å². The van der Waals surface area contributed by atoms with E-state index in [0.717, 1.165) is 11.6 Å². The maximum absolute atomic E-state index is 11.9. The molecule has 0 unspecified atom stereocenters. The average molecular weight is 298 g/mol. The zero-order chi connectivity index (χ0) is 12.6. The van der Waals surface area contributed by atoms with Gasteiger partial charge in [-0.2, -0.15) is 0 Å². The average Bonchev–Trinajstić information content (AvgIpc) is 2.62. The predicted octanol–water partition coefficient (Wildman–Crippen LogP) is 0.799. The first-order valence-corrected chi connectivity index (χ1v) is 5.86. The van der Waals surface area contributed by atoms with Crippen molar-refractivity contribution in [3.63, 3.8) is 0 Å². The molecule has 2 aromatic rings. The Labute approximate surface area is 106 Å². The fourth-order valence-electron chi connectivity index (χ4n) is 1.40. The van der Waals surface area contributed by atoms with Crippen molar-refractivity contribution in [2.75, 3.05) is 0 Å². The van der Waals surface area contributed by atoms with E-state index in [1.54, 1.807) is 6.92 Å². The lowest BCUT2D eigenvalue weighted by atomic mass is 10.4. The molecule has 17 heavy (non-hydrogen) atoms. The van der Waals surface area contributed by atoms with Gasteiger partial charge in [0.25, 0.3) is 5.56 Å². The van der Waals surface area contributed by atoms with Crippen LogP contribution in [-0.4, -0.2) is 24.3 Å². The van der Waals surface area contributed by atoms with Crippen LogP contribution in [0.15, 0.2) is 15.6 Å². The first kappa shape index (κ1) is 12.0. The summed E-state index contributed by atoms with van der Waals surface area (Å²) in [4.78, 5) is 16.1. The van der Waals surface area contributed by atoms with Gasteiger partial charge >= 0.3 is 0 Å². The summed E-state index contributed by atoms with van der Waals surface area (Å²) in [5.74, 6) is 1.54. The van der Waals surface area contributed by atoms with Crippen LogP contribution in [0.2, 0.25) is 0 Å². The SMILES string of the molecule is Cc1ncn(Cc2nnc(C)n2C)c(=O)c1Br. The van der Waals surface area contributed by atoms with Crippen LogP contribution in [0, 0.1) is 13.8 Å². The molecule has 2 aromatic heterocycles. The van der Waals surface area contributed by atoms with Gasteiger partial charge in [-0.05, 0) is 29.8 Å². The largest absolute Gasteiger partial charge is 0.317 e. The molecule has 7 heteroatoms. The predicted molar refractivity (Wildman–Crippen MR) is 65.8 cm³/mol. The summed E-state index contributed by atoms with van der Waals surface area (Å²) in [5.41, 5.74) is 0.568. The minimum Gasteiger partial charge on any atom is -0.317 e. The van der Waals surface area contributed by atoms with Crippen molar-refractivity contribution >= 4 is 15.9 Å². The minimum atomic E-state index is -0.113. The highest BCUT2D eigenvalue weighted by Crippen LogP contribution is 2.07. The number of aryl methyl sites for hydroxylation is 2. The third-order valence-corrected chi connectivity index (χ3v) is 3.56. The summed E-state index contributed by atoms with van der Waals surface area (Å²) < 4.78 is 3.83. The lowest BCUT2D eigenvalue weighted by molar-refractivity contribution is 0.654. The number of hydrogen-bond acceptors (Lipinski definition) is 4. The Morgan fingerprint density at radius 1 is 1.35 bits per heavy atom. The Morgan fingerprint density at radius 3 is 2.65 bits per heavy atom. The molecule has 0 atom stereocenters. The Bertz CT molecular complexity index is 616. The van der Waals surface area contributed by atoms with Crippen LogP contribution in [0.3, 0.4) is 0 Å². The molecular weight excluding hydrogens is 286 g/mol. The summed E-state index contributed by atoms with van der Waals surface area (Å²) in [7, 11) is 1.87. The molecule has 0 saturated carbocycles. The van der Waals surface area contributed by atoms with E-state index in [9.17, 15) is 4.79 Å². The maximum atomic E-state index is 11.9. The van der Waals surface area contributed by atoms with E-state index in [2.05, 4.69) is 31.1 Å². The molecule has 0 aromatic carbocycles. The van der Waals surface area contributed by atoms with Crippen LogP contribution in [0.5, 0.6) is 0 Å². The van der Waals surface area contributed by atoms with Gasteiger partial charge in [0, 0.05) is 7.05 Å². The molecule has 0 saturated heterocycles. The van der Waals surface area contributed by atoms with Crippen molar-refractivity contribution in [3.05, 3.63) is 38.5 Å². The molecule has 0 bridgehead atoms. The van der Waals surface area contributed by atoms with E-state index in [0.29, 0.717) is 16.7 Å². The Hall–Kier alpha value is -1.50. The zero-order valence-corrected chi connectivity index (χ0v) is 11.4. The van der Waals surface area contributed by atoms with Gasteiger partial charge < -0.3 is 4.57 Å². The quantitative estimate of drug-likeness (QED) is 0.822. The summed E-state index contributed by atoms with van der Waals surface area (Å²) in [6.07, 6.45) is 1.52. The third-order valence-electron chi connectivity index (χ3n) is 2.65. The molecule has 0 aliphatic carbocycles. The number of hydrogen-bond donors (Lipinski definition) is 0. The monoisotopic (exact) mass is 297 g/mol. The zero-order valence-electron chi connectivity index (χ0n) is 9.81.